The number of amides is 1. The molecule has 0 spiro atoms. The normalized spacial score (nSPS) is 20.8. The van der Waals surface area contributed by atoms with Crippen molar-refractivity contribution in [3.8, 4) is 5.69 Å². The van der Waals surface area contributed by atoms with Gasteiger partial charge in [-0.15, -0.1) is 0 Å². The molecule has 10 nitrogen and oxygen atoms in total. The Morgan fingerprint density at radius 1 is 1.22 bits per heavy atom. The van der Waals surface area contributed by atoms with Crippen LogP contribution in [0.3, 0.4) is 0 Å². The molecule has 13 heteroatoms. The molecule has 3 heterocycles. The molecular formula is C24H20F2N4O6Se. The van der Waals surface area contributed by atoms with Crippen LogP contribution in [0, 0.1) is 6.92 Å². The van der Waals surface area contributed by atoms with Crippen LogP contribution in [0.1, 0.15) is 22.1 Å². The molecule has 3 N–H and O–H groups in total. The molecule has 0 radical (unpaired) electrons. The molecule has 4 aromatic rings. The topological polar surface area (TPSA) is 136 Å². The average molecular weight is 577 g/mol. The van der Waals surface area contributed by atoms with Crippen molar-refractivity contribution in [1.29, 1.82) is 0 Å². The van der Waals surface area contributed by atoms with Crippen LogP contribution in [0.25, 0.3) is 15.3 Å². The number of ether oxygens (including phenoxy) is 1. The van der Waals surface area contributed by atoms with Crippen molar-refractivity contribution in [3.63, 3.8) is 0 Å². The van der Waals surface area contributed by atoms with E-state index in [0.717, 1.165) is 16.5 Å². The summed E-state index contributed by atoms with van der Waals surface area (Å²) < 4.78 is 36.8. The SMILES string of the molecule is Cc1ccc(-n2[se]c3ccccc3c2=O)cc1C(=O)Nc1ccn([C@H]2O[C@@H](CO)[C@H](O)C2(F)F)c(=O)n1. The monoisotopic (exact) mass is 578 g/mol. The molecule has 3 atom stereocenters. The molecule has 0 aliphatic carbocycles. The molecule has 0 bridgehead atoms. The Labute approximate surface area is 213 Å². The first-order chi connectivity index (χ1) is 17.6. The summed E-state index contributed by atoms with van der Waals surface area (Å²) in [6, 6.07) is 13.4. The van der Waals surface area contributed by atoms with Crippen molar-refractivity contribution in [1.82, 2.24) is 13.1 Å². The van der Waals surface area contributed by atoms with Crippen LogP contribution in [0.5, 0.6) is 0 Å². The quantitative estimate of drug-likeness (QED) is 0.302. The van der Waals surface area contributed by atoms with Gasteiger partial charge in [-0.05, 0) is 0 Å². The van der Waals surface area contributed by atoms with Gasteiger partial charge in [0, 0.05) is 0 Å². The van der Waals surface area contributed by atoms with Gasteiger partial charge in [-0.2, -0.15) is 8.78 Å². The van der Waals surface area contributed by atoms with Gasteiger partial charge < -0.3 is 10.2 Å². The first-order valence-corrected chi connectivity index (χ1v) is 12.7. The van der Waals surface area contributed by atoms with Gasteiger partial charge in [0.25, 0.3) is 0 Å². The third-order valence-corrected chi connectivity index (χ3v) is 8.41. The molecule has 37 heavy (non-hydrogen) atoms. The van der Waals surface area contributed by atoms with E-state index in [0.29, 0.717) is 21.2 Å². The molecular weight excluding hydrogens is 557 g/mol. The van der Waals surface area contributed by atoms with E-state index >= 15 is 0 Å². The number of nitrogens with zero attached hydrogens (tertiary/aromatic N) is 3. The second-order valence-electron chi connectivity index (χ2n) is 8.47. The molecule has 192 valence electrons. The number of aromatic nitrogens is 3. The fourth-order valence-electron chi connectivity index (χ4n) is 4.09. The Kier molecular flexibility index (Phi) is 6.42. The fourth-order valence-corrected chi connectivity index (χ4v) is 6.16. The van der Waals surface area contributed by atoms with Gasteiger partial charge in [0.05, 0.1) is 6.61 Å². The summed E-state index contributed by atoms with van der Waals surface area (Å²) in [5, 5.41) is 21.9. The minimum absolute atomic E-state index is 0.157. The number of benzene rings is 2. The van der Waals surface area contributed by atoms with E-state index in [-0.39, 0.29) is 31.7 Å². The zero-order valence-electron chi connectivity index (χ0n) is 19.2. The van der Waals surface area contributed by atoms with Gasteiger partial charge in [-0.3, -0.25) is 0 Å². The number of hydrogen-bond donors (Lipinski definition) is 3. The van der Waals surface area contributed by atoms with E-state index in [2.05, 4.69) is 10.3 Å². The van der Waals surface area contributed by atoms with Gasteiger partial charge >= 0.3 is 176 Å². The second-order valence-corrected chi connectivity index (χ2v) is 10.5. The number of halogens is 2. The first kappa shape index (κ1) is 25.2. The van der Waals surface area contributed by atoms with Gasteiger partial charge in [0.15, 0.2) is 6.10 Å². The van der Waals surface area contributed by atoms with E-state index in [1.165, 1.54) is 0 Å². The molecule has 1 aliphatic heterocycles. The number of carbonyl (C=O) groups is 1. The molecule has 0 unspecified atom stereocenters. The van der Waals surface area contributed by atoms with Crippen LogP contribution in [0.2, 0.25) is 0 Å². The Balaban J connectivity index is 1.41. The first-order valence-electron chi connectivity index (χ1n) is 11.1. The fraction of sp³-hybridized carbons (Fsp3) is 0.250. The van der Waals surface area contributed by atoms with Gasteiger partial charge in [-0.25, -0.2) is 0 Å². The van der Waals surface area contributed by atoms with E-state index < -0.39 is 42.6 Å². The van der Waals surface area contributed by atoms with Crippen LogP contribution in [0.15, 0.2) is 64.3 Å². The zero-order valence-corrected chi connectivity index (χ0v) is 20.9. The molecule has 0 saturated carbocycles. The maximum absolute atomic E-state index is 14.4. The molecule has 1 amide bonds. The number of carbonyl (C=O) groups excluding carboxylic acids is 1. The molecule has 2 aromatic heterocycles. The summed E-state index contributed by atoms with van der Waals surface area (Å²) >= 11 is -0.296. The van der Waals surface area contributed by atoms with Crippen LogP contribution < -0.4 is 16.6 Å². The summed E-state index contributed by atoms with van der Waals surface area (Å²) in [6.45, 7) is 0.844. The standard InChI is InChI=1S/C24H20F2N4O6Se/c1-12-6-7-13(30-21(34)14-4-2-3-5-17(14)37-30)10-15(12)20(33)27-18-8-9-29(23(35)28-18)22-24(25,26)19(32)16(11-31)36-22/h2-10,16,19,22,31-32H,11H2,1H3,(H,27,28,33,35)/t16-,19-,22-/m0/s1. The van der Waals surface area contributed by atoms with Gasteiger partial charge in [0.1, 0.15) is 6.10 Å². The number of nitrogens with one attached hydrogen (secondary N) is 1. The Hall–Kier alpha value is -3.48. The number of aryl methyl sites for hydroxylation is 1. The van der Waals surface area contributed by atoms with Gasteiger partial charge in [0.2, 0.25) is 0 Å². The van der Waals surface area contributed by atoms with E-state index in [4.69, 9.17) is 9.84 Å². The predicted octanol–water partition coefficient (Wildman–Crippen LogP) is 1.05. The van der Waals surface area contributed by atoms with Gasteiger partial charge in [-0.1, -0.05) is 0 Å². The Morgan fingerprint density at radius 3 is 2.65 bits per heavy atom. The zero-order chi connectivity index (χ0) is 26.5. The number of fused-ring (bicyclic) bond motifs is 1. The number of anilines is 1. The summed E-state index contributed by atoms with van der Waals surface area (Å²) in [4.78, 5) is 42.0. The minimum atomic E-state index is -3.85. The molecule has 1 fully saturated rings. The maximum atomic E-state index is 14.4. The average Bonchev–Trinajstić information content (AvgIpc) is 3.32. The van der Waals surface area contributed by atoms with E-state index in [9.17, 15) is 28.3 Å². The molecule has 1 saturated heterocycles. The second kappa shape index (κ2) is 9.43. The summed E-state index contributed by atoms with van der Waals surface area (Å²) in [5.74, 6) is -4.65. The number of alkyl halides is 2. The van der Waals surface area contributed by atoms with Crippen LogP contribution >= 0.6 is 0 Å². The van der Waals surface area contributed by atoms with Crippen molar-refractivity contribution in [2.75, 3.05) is 11.9 Å². The van der Waals surface area contributed by atoms with Crippen molar-refractivity contribution in [2.24, 2.45) is 0 Å². The predicted molar refractivity (Wildman–Crippen MR) is 130 cm³/mol. The number of aliphatic hydroxyl groups is 2. The molecule has 1 aliphatic rings. The van der Waals surface area contributed by atoms with Crippen molar-refractivity contribution < 1.29 is 28.5 Å². The molecule has 5 rings (SSSR count). The summed E-state index contributed by atoms with van der Waals surface area (Å²) in [5.41, 5.74) is 0.0762. The van der Waals surface area contributed by atoms with Crippen LogP contribution in [0.4, 0.5) is 14.6 Å². The summed E-state index contributed by atoms with van der Waals surface area (Å²) in [7, 11) is 0. The van der Waals surface area contributed by atoms with E-state index in [1.807, 2.05) is 12.1 Å². The third-order valence-electron chi connectivity index (χ3n) is 6.08. The van der Waals surface area contributed by atoms with Crippen LogP contribution in [-0.2, 0) is 4.74 Å². The van der Waals surface area contributed by atoms with Crippen molar-refractivity contribution in [2.45, 2.75) is 31.3 Å². The number of aliphatic hydroxyl groups excluding tert-OH is 2. The number of hydrogen-bond acceptors (Lipinski definition) is 7. The number of rotatable bonds is 5. The van der Waals surface area contributed by atoms with Crippen molar-refractivity contribution >= 4 is 36.1 Å². The van der Waals surface area contributed by atoms with Crippen LogP contribution in [-0.4, -0.2) is 68.7 Å². The molecule has 2 aromatic carbocycles. The summed E-state index contributed by atoms with van der Waals surface area (Å²) in [6.07, 6.45) is -5.09. The Morgan fingerprint density at radius 2 is 1.97 bits per heavy atom. The van der Waals surface area contributed by atoms with E-state index in [1.54, 1.807) is 40.8 Å². The van der Waals surface area contributed by atoms with Crippen molar-refractivity contribution in [3.05, 3.63) is 86.7 Å². The third kappa shape index (κ3) is 4.34. The Bertz CT molecular complexity index is 1630.